The fourth-order valence-corrected chi connectivity index (χ4v) is 2.99. The second-order valence-electron chi connectivity index (χ2n) is 6.23. The van der Waals surface area contributed by atoms with E-state index in [4.69, 9.17) is 10.00 Å². The molecule has 0 saturated heterocycles. The van der Waals surface area contributed by atoms with E-state index in [1.807, 2.05) is 36.4 Å². The average molecular weight is 349 g/mol. The van der Waals surface area contributed by atoms with Crippen LogP contribution in [0.4, 0.5) is 0 Å². The minimum Gasteiger partial charge on any atom is -0.484 e. The summed E-state index contributed by atoms with van der Waals surface area (Å²) in [4.78, 5) is 24.5. The summed E-state index contributed by atoms with van der Waals surface area (Å²) in [5.74, 6) is -0.183. The molecular formula is C20H19N3O3. The number of carbonyl (C=O) groups is 2. The molecule has 3 rings (SSSR count). The van der Waals surface area contributed by atoms with Crippen LogP contribution < -0.4 is 15.6 Å². The molecule has 1 fully saturated rings. The molecule has 0 atom stereocenters. The molecular weight excluding hydrogens is 330 g/mol. The van der Waals surface area contributed by atoms with Gasteiger partial charge in [0.1, 0.15) is 5.75 Å². The van der Waals surface area contributed by atoms with Gasteiger partial charge in [-0.2, -0.15) is 5.26 Å². The summed E-state index contributed by atoms with van der Waals surface area (Å²) in [6.45, 7) is -0.232. The molecule has 0 aliphatic heterocycles. The Labute approximate surface area is 151 Å². The molecule has 0 spiro atoms. The highest BCUT2D eigenvalue weighted by atomic mass is 16.5. The number of ether oxygens (including phenoxy) is 1. The summed E-state index contributed by atoms with van der Waals surface area (Å²) >= 11 is 0. The Balaban J connectivity index is 1.50. The van der Waals surface area contributed by atoms with Gasteiger partial charge in [-0.1, -0.05) is 36.8 Å². The molecule has 2 aromatic rings. The molecule has 6 nitrogen and oxygen atoms in total. The molecule has 1 aliphatic carbocycles. The zero-order valence-electron chi connectivity index (χ0n) is 14.2. The molecule has 0 unspecified atom stereocenters. The Hall–Kier alpha value is -3.33. The van der Waals surface area contributed by atoms with E-state index in [0.29, 0.717) is 11.3 Å². The number of benzene rings is 2. The van der Waals surface area contributed by atoms with Crippen LogP contribution in [-0.4, -0.2) is 18.4 Å². The van der Waals surface area contributed by atoms with Gasteiger partial charge in [-0.25, -0.2) is 0 Å². The number of hydrogen-bond donors (Lipinski definition) is 2. The molecule has 2 amide bonds. The van der Waals surface area contributed by atoms with Gasteiger partial charge in [-0.3, -0.25) is 20.4 Å². The van der Waals surface area contributed by atoms with E-state index >= 15 is 0 Å². The predicted octanol–water partition coefficient (Wildman–Crippen LogP) is 2.21. The Morgan fingerprint density at radius 1 is 1.04 bits per heavy atom. The van der Waals surface area contributed by atoms with Gasteiger partial charge in [0.25, 0.3) is 5.91 Å². The van der Waals surface area contributed by atoms with Crippen LogP contribution in [0.5, 0.6) is 5.75 Å². The third kappa shape index (κ3) is 3.67. The summed E-state index contributed by atoms with van der Waals surface area (Å²) in [7, 11) is 0. The van der Waals surface area contributed by atoms with Crippen LogP contribution in [0, 0.1) is 11.3 Å². The molecule has 0 bridgehead atoms. The van der Waals surface area contributed by atoms with Gasteiger partial charge in [0.2, 0.25) is 5.91 Å². The maximum atomic E-state index is 12.6. The topological polar surface area (TPSA) is 91.2 Å². The quantitative estimate of drug-likeness (QED) is 0.810. The summed E-state index contributed by atoms with van der Waals surface area (Å²) in [5.41, 5.74) is 5.83. The van der Waals surface area contributed by atoms with Gasteiger partial charge in [-0.15, -0.1) is 0 Å². The van der Waals surface area contributed by atoms with Crippen molar-refractivity contribution in [2.24, 2.45) is 0 Å². The zero-order valence-corrected chi connectivity index (χ0v) is 14.2. The summed E-state index contributed by atoms with van der Waals surface area (Å²) in [6, 6.07) is 18.1. The highest BCUT2D eigenvalue weighted by Crippen LogP contribution is 2.43. The normalized spacial score (nSPS) is 14.4. The van der Waals surface area contributed by atoms with Crippen molar-refractivity contribution in [3.63, 3.8) is 0 Å². The van der Waals surface area contributed by atoms with Crippen LogP contribution in [0.1, 0.15) is 30.4 Å². The second kappa shape index (κ2) is 7.70. The molecule has 1 aliphatic rings. The Morgan fingerprint density at radius 2 is 1.73 bits per heavy atom. The van der Waals surface area contributed by atoms with Crippen molar-refractivity contribution < 1.29 is 14.3 Å². The lowest BCUT2D eigenvalue weighted by Gasteiger charge is -2.40. The molecule has 132 valence electrons. The maximum Gasteiger partial charge on any atom is 0.276 e. The molecule has 2 aromatic carbocycles. The van der Waals surface area contributed by atoms with Crippen molar-refractivity contribution >= 4 is 11.8 Å². The zero-order chi connectivity index (χ0) is 18.4. The summed E-state index contributed by atoms with van der Waals surface area (Å²) < 4.78 is 5.34. The van der Waals surface area contributed by atoms with Crippen molar-refractivity contribution in [3.05, 3.63) is 65.7 Å². The van der Waals surface area contributed by atoms with Crippen LogP contribution >= 0.6 is 0 Å². The second-order valence-corrected chi connectivity index (χ2v) is 6.23. The minimum atomic E-state index is -0.567. The number of nitrogens with one attached hydrogen (secondary N) is 2. The lowest BCUT2D eigenvalue weighted by Crippen LogP contribution is -2.55. The van der Waals surface area contributed by atoms with Gasteiger partial charge in [0, 0.05) is 0 Å². The Morgan fingerprint density at radius 3 is 2.31 bits per heavy atom. The number of nitriles is 1. The van der Waals surface area contributed by atoms with Gasteiger partial charge < -0.3 is 4.74 Å². The molecule has 2 N–H and O–H groups in total. The first-order valence-corrected chi connectivity index (χ1v) is 8.42. The SMILES string of the molecule is N#Cc1ccc(OCC(=O)NNC(=O)C2(c3ccccc3)CCC2)cc1. The van der Waals surface area contributed by atoms with E-state index in [9.17, 15) is 9.59 Å². The van der Waals surface area contributed by atoms with E-state index < -0.39 is 11.3 Å². The van der Waals surface area contributed by atoms with Crippen molar-refractivity contribution in [3.8, 4) is 11.8 Å². The number of hydrogen-bond acceptors (Lipinski definition) is 4. The van der Waals surface area contributed by atoms with Crippen LogP contribution in [-0.2, 0) is 15.0 Å². The highest BCUT2D eigenvalue weighted by Gasteiger charge is 2.45. The number of rotatable bonds is 5. The lowest BCUT2D eigenvalue weighted by molar-refractivity contribution is -0.135. The first kappa shape index (κ1) is 17.5. The Kier molecular flexibility index (Phi) is 5.18. The predicted molar refractivity (Wildman–Crippen MR) is 94.9 cm³/mol. The first-order valence-electron chi connectivity index (χ1n) is 8.42. The largest absolute Gasteiger partial charge is 0.484 e. The summed E-state index contributed by atoms with van der Waals surface area (Å²) in [5, 5.41) is 8.75. The molecule has 0 radical (unpaired) electrons. The fourth-order valence-electron chi connectivity index (χ4n) is 2.99. The molecule has 26 heavy (non-hydrogen) atoms. The standard InChI is InChI=1S/C20H19N3O3/c21-13-15-7-9-17(10-8-15)26-14-18(24)22-23-19(25)20(11-4-12-20)16-5-2-1-3-6-16/h1-3,5-10H,4,11-12,14H2,(H,22,24)(H,23,25). The van der Waals surface area contributed by atoms with Crippen molar-refractivity contribution in [1.82, 2.24) is 10.9 Å². The molecule has 0 aromatic heterocycles. The van der Waals surface area contributed by atoms with Crippen LogP contribution in [0.2, 0.25) is 0 Å². The minimum absolute atomic E-state index is 0.207. The van der Waals surface area contributed by atoms with Crippen LogP contribution in [0.25, 0.3) is 0 Å². The average Bonchev–Trinajstić information content (AvgIpc) is 2.65. The first-order chi connectivity index (χ1) is 12.6. The third-order valence-corrected chi connectivity index (χ3v) is 4.64. The maximum absolute atomic E-state index is 12.6. The smallest absolute Gasteiger partial charge is 0.276 e. The van der Waals surface area contributed by atoms with E-state index in [0.717, 1.165) is 24.8 Å². The lowest BCUT2D eigenvalue weighted by atomic mass is 9.64. The van der Waals surface area contributed by atoms with E-state index in [1.54, 1.807) is 24.3 Å². The van der Waals surface area contributed by atoms with Crippen LogP contribution in [0.3, 0.4) is 0 Å². The van der Waals surface area contributed by atoms with E-state index in [1.165, 1.54) is 0 Å². The van der Waals surface area contributed by atoms with Gasteiger partial charge >= 0.3 is 0 Å². The van der Waals surface area contributed by atoms with Gasteiger partial charge in [-0.05, 0) is 42.7 Å². The molecule has 0 heterocycles. The third-order valence-electron chi connectivity index (χ3n) is 4.64. The summed E-state index contributed by atoms with van der Waals surface area (Å²) in [6.07, 6.45) is 2.51. The van der Waals surface area contributed by atoms with E-state index in [2.05, 4.69) is 10.9 Å². The monoisotopic (exact) mass is 349 g/mol. The van der Waals surface area contributed by atoms with Gasteiger partial charge in [0.05, 0.1) is 17.0 Å². The molecule has 6 heteroatoms. The Bertz CT molecular complexity index is 822. The number of hydrazine groups is 1. The number of amides is 2. The van der Waals surface area contributed by atoms with Gasteiger partial charge in [0.15, 0.2) is 6.61 Å². The fraction of sp³-hybridized carbons (Fsp3) is 0.250. The number of carbonyl (C=O) groups excluding carboxylic acids is 2. The molecule has 1 saturated carbocycles. The van der Waals surface area contributed by atoms with E-state index in [-0.39, 0.29) is 12.5 Å². The van der Waals surface area contributed by atoms with Crippen molar-refractivity contribution in [2.75, 3.05) is 6.61 Å². The van der Waals surface area contributed by atoms with Crippen LogP contribution in [0.15, 0.2) is 54.6 Å². The highest BCUT2D eigenvalue weighted by molar-refractivity contribution is 5.91. The van der Waals surface area contributed by atoms with Crippen molar-refractivity contribution in [1.29, 1.82) is 5.26 Å². The van der Waals surface area contributed by atoms with Crippen molar-refractivity contribution in [2.45, 2.75) is 24.7 Å². The number of nitrogens with zero attached hydrogens (tertiary/aromatic N) is 1.